The molecule has 1 aromatic rings. The zero-order chi connectivity index (χ0) is 13.1. The molecule has 6 heteroatoms. The average molecular weight is 307 g/mol. The van der Waals surface area contributed by atoms with Crippen molar-refractivity contribution in [1.29, 1.82) is 0 Å². The van der Waals surface area contributed by atoms with Crippen LogP contribution >= 0.6 is 15.9 Å². The number of nitrogens with two attached hydrogens (primary N) is 1. The molecule has 0 aliphatic heterocycles. The summed E-state index contributed by atoms with van der Waals surface area (Å²) in [6.45, 7) is 0. The minimum absolute atomic E-state index is 0.205. The van der Waals surface area contributed by atoms with Gasteiger partial charge in [0.05, 0.1) is 11.6 Å². The molecule has 1 aromatic carbocycles. The Kier molecular flexibility index (Phi) is 4.57. The first-order valence-corrected chi connectivity index (χ1v) is 5.45. The number of alkyl halides is 3. The molecule has 0 radical (unpaired) electrons. The topological polar surface area (TPSA) is 38.0 Å². The van der Waals surface area contributed by atoms with Gasteiger partial charge in [-0.2, -0.15) is 13.2 Å². The maximum absolute atomic E-state index is 12.5. The standard InChI is InChI=1S/C11H10BrF3N2/c1-2-3-10(17-16)8-6-7(11(13,14)15)4-5-9(8)12/h1,4-6,10,17H,3,16H2. The average Bonchev–Trinajstić information content (AvgIpc) is 2.25. The summed E-state index contributed by atoms with van der Waals surface area (Å²) in [7, 11) is 0. The largest absolute Gasteiger partial charge is 0.416 e. The number of halogens is 4. The molecule has 1 rings (SSSR count). The van der Waals surface area contributed by atoms with E-state index in [9.17, 15) is 13.2 Å². The van der Waals surface area contributed by atoms with Gasteiger partial charge in [0.2, 0.25) is 0 Å². The molecular formula is C11H10BrF3N2. The lowest BCUT2D eigenvalue weighted by Crippen LogP contribution is -2.28. The van der Waals surface area contributed by atoms with Gasteiger partial charge in [0.1, 0.15) is 0 Å². The Labute approximate surface area is 105 Å². The van der Waals surface area contributed by atoms with Crippen LogP contribution in [0.5, 0.6) is 0 Å². The lowest BCUT2D eigenvalue weighted by Gasteiger charge is -2.17. The molecule has 1 atom stereocenters. The van der Waals surface area contributed by atoms with Crippen LogP contribution in [-0.2, 0) is 6.18 Å². The molecule has 0 saturated heterocycles. The Morgan fingerprint density at radius 1 is 1.47 bits per heavy atom. The van der Waals surface area contributed by atoms with Crippen LogP contribution in [0.1, 0.15) is 23.6 Å². The minimum Gasteiger partial charge on any atom is -0.271 e. The Morgan fingerprint density at radius 2 is 2.12 bits per heavy atom. The third-order valence-electron chi connectivity index (χ3n) is 2.22. The zero-order valence-corrected chi connectivity index (χ0v) is 10.3. The molecule has 17 heavy (non-hydrogen) atoms. The van der Waals surface area contributed by atoms with Crippen LogP contribution in [0.2, 0.25) is 0 Å². The van der Waals surface area contributed by atoms with Gasteiger partial charge in [0.15, 0.2) is 0 Å². The lowest BCUT2D eigenvalue weighted by atomic mass is 10.0. The summed E-state index contributed by atoms with van der Waals surface area (Å²) in [5, 5.41) is 0. The van der Waals surface area contributed by atoms with Gasteiger partial charge in [-0.1, -0.05) is 15.9 Å². The van der Waals surface area contributed by atoms with Crippen LogP contribution < -0.4 is 11.3 Å². The predicted octanol–water partition coefficient (Wildman–Crippen LogP) is 3.00. The van der Waals surface area contributed by atoms with Crippen LogP contribution in [0.25, 0.3) is 0 Å². The summed E-state index contributed by atoms with van der Waals surface area (Å²) >= 11 is 3.18. The van der Waals surface area contributed by atoms with Gasteiger partial charge < -0.3 is 0 Å². The summed E-state index contributed by atoms with van der Waals surface area (Å²) in [5.74, 6) is 7.63. The van der Waals surface area contributed by atoms with E-state index in [0.717, 1.165) is 12.1 Å². The Morgan fingerprint density at radius 3 is 2.59 bits per heavy atom. The summed E-state index contributed by atoms with van der Waals surface area (Å²) in [6, 6.07) is 2.85. The summed E-state index contributed by atoms with van der Waals surface area (Å²) < 4.78 is 38.2. The van der Waals surface area contributed by atoms with E-state index in [4.69, 9.17) is 12.3 Å². The van der Waals surface area contributed by atoms with Crippen molar-refractivity contribution >= 4 is 15.9 Å². The van der Waals surface area contributed by atoms with Crippen molar-refractivity contribution in [2.75, 3.05) is 0 Å². The monoisotopic (exact) mass is 306 g/mol. The van der Waals surface area contributed by atoms with Crippen molar-refractivity contribution in [1.82, 2.24) is 5.43 Å². The van der Waals surface area contributed by atoms with E-state index in [-0.39, 0.29) is 6.42 Å². The van der Waals surface area contributed by atoms with Crippen molar-refractivity contribution in [3.8, 4) is 12.3 Å². The highest BCUT2D eigenvalue weighted by molar-refractivity contribution is 9.10. The highest BCUT2D eigenvalue weighted by Crippen LogP contribution is 2.34. The first-order chi connectivity index (χ1) is 7.90. The Balaban J connectivity index is 3.19. The Hall–Kier alpha value is -1.03. The van der Waals surface area contributed by atoms with Crippen molar-refractivity contribution in [3.05, 3.63) is 33.8 Å². The van der Waals surface area contributed by atoms with Gasteiger partial charge in [-0.3, -0.25) is 11.3 Å². The number of benzene rings is 1. The fourth-order valence-electron chi connectivity index (χ4n) is 1.36. The van der Waals surface area contributed by atoms with E-state index in [1.165, 1.54) is 6.07 Å². The third-order valence-corrected chi connectivity index (χ3v) is 2.94. The number of nitrogens with one attached hydrogen (secondary N) is 1. The molecule has 0 heterocycles. The molecule has 0 amide bonds. The molecule has 2 nitrogen and oxygen atoms in total. The molecule has 0 bridgehead atoms. The van der Waals surface area contributed by atoms with E-state index < -0.39 is 17.8 Å². The van der Waals surface area contributed by atoms with Crippen molar-refractivity contribution in [2.45, 2.75) is 18.6 Å². The third kappa shape index (κ3) is 3.46. The number of hydrogen-bond acceptors (Lipinski definition) is 2. The number of rotatable bonds is 3. The first kappa shape index (κ1) is 14.0. The zero-order valence-electron chi connectivity index (χ0n) is 8.68. The maximum Gasteiger partial charge on any atom is 0.416 e. The van der Waals surface area contributed by atoms with Gasteiger partial charge in [0.25, 0.3) is 0 Å². The van der Waals surface area contributed by atoms with Crippen molar-refractivity contribution < 1.29 is 13.2 Å². The molecule has 92 valence electrons. The number of hydrogen-bond donors (Lipinski definition) is 2. The SMILES string of the molecule is C#CCC(NN)c1cc(C(F)(F)F)ccc1Br. The van der Waals surface area contributed by atoms with Gasteiger partial charge in [-0.05, 0) is 23.8 Å². The van der Waals surface area contributed by atoms with Crippen LogP contribution in [0.4, 0.5) is 13.2 Å². The van der Waals surface area contributed by atoms with E-state index in [1.54, 1.807) is 0 Å². The number of hydrazine groups is 1. The van der Waals surface area contributed by atoms with Crippen LogP contribution in [0.3, 0.4) is 0 Å². The molecule has 0 aromatic heterocycles. The van der Waals surface area contributed by atoms with Crippen LogP contribution in [0.15, 0.2) is 22.7 Å². The van der Waals surface area contributed by atoms with Gasteiger partial charge in [0, 0.05) is 10.9 Å². The minimum atomic E-state index is -4.38. The van der Waals surface area contributed by atoms with E-state index >= 15 is 0 Å². The molecular weight excluding hydrogens is 297 g/mol. The fourth-order valence-corrected chi connectivity index (χ4v) is 1.89. The summed E-state index contributed by atoms with van der Waals surface area (Å²) in [6.07, 6.45) is 0.954. The second-order valence-electron chi connectivity index (χ2n) is 3.36. The molecule has 3 N–H and O–H groups in total. The summed E-state index contributed by atoms with van der Waals surface area (Å²) in [4.78, 5) is 0. The first-order valence-electron chi connectivity index (χ1n) is 4.66. The van der Waals surface area contributed by atoms with Gasteiger partial charge >= 0.3 is 6.18 Å². The molecule has 0 aliphatic rings. The quantitative estimate of drug-likeness (QED) is 0.512. The maximum atomic E-state index is 12.5. The van der Waals surface area contributed by atoms with Crippen LogP contribution in [-0.4, -0.2) is 0 Å². The normalized spacial score (nSPS) is 13.2. The van der Waals surface area contributed by atoms with Crippen molar-refractivity contribution in [2.24, 2.45) is 5.84 Å². The van der Waals surface area contributed by atoms with E-state index in [1.807, 2.05) is 0 Å². The van der Waals surface area contributed by atoms with E-state index in [0.29, 0.717) is 10.0 Å². The van der Waals surface area contributed by atoms with E-state index in [2.05, 4.69) is 27.3 Å². The predicted molar refractivity (Wildman–Crippen MR) is 62.7 cm³/mol. The molecule has 0 spiro atoms. The Bertz CT molecular complexity index is 437. The number of terminal acetylenes is 1. The summed E-state index contributed by atoms with van der Waals surface area (Å²) in [5.41, 5.74) is 2.06. The molecule has 0 fully saturated rings. The fraction of sp³-hybridized carbons (Fsp3) is 0.273. The highest BCUT2D eigenvalue weighted by Gasteiger charge is 2.31. The second-order valence-corrected chi connectivity index (χ2v) is 4.22. The second kappa shape index (κ2) is 5.54. The van der Waals surface area contributed by atoms with Gasteiger partial charge in [-0.15, -0.1) is 12.3 Å². The molecule has 0 saturated carbocycles. The van der Waals surface area contributed by atoms with Gasteiger partial charge in [-0.25, -0.2) is 0 Å². The molecule has 0 aliphatic carbocycles. The lowest BCUT2D eigenvalue weighted by molar-refractivity contribution is -0.137. The molecule has 1 unspecified atom stereocenters. The highest BCUT2D eigenvalue weighted by atomic mass is 79.9. The van der Waals surface area contributed by atoms with Crippen molar-refractivity contribution in [3.63, 3.8) is 0 Å². The van der Waals surface area contributed by atoms with Crippen LogP contribution in [0, 0.1) is 12.3 Å². The smallest absolute Gasteiger partial charge is 0.271 e.